The molecule has 2 aliphatic rings. The molecule has 194 valence electrons. The molecular weight excluding hydrogens is 488 g/mol. The Labute approximate surface area is 221 Å². The van der Waals surface area contributed by atoms with E-state index >= 15 is 0 Å². The summed E-state index contributed by atoms with van der Waals surface area (Å²) in [5.74, 6) is 2.28. The number of fused-ring (bicyclic) bond motifs is 3. The van der Waals surface area contributed by atoms with Crippen molar-refractivity contribution in [3.8, 4) is 5.75 Å². The normalized spacial score (nSPS) is 17.2. The number of benzene rings is 1. The fraction of sp³-hybridized carbons (Fsp3) is 0.481. The number of piperazine rings is 1. The van der Waals surface area contributed by atoms with Gasteiger partial charge in [-0.2, -0.15) is 5.10 Å². The third-order valence-corrected chi connectivity index (χ3v) is 8.11. The Hall–Kier alpha value is -3.17. The smallest absolute Gasteiger partial charge is 0.161 e. The van der Waals surface area contributed by atoms with Crippen molar-refractivity contribution < 1.29 is 4.74 Å². The second-order valence-electron chi connectivity index (χ2n) is 9.90. The number of aryl methyl sites for hydroxylation is 1. The summed E-state index contributed by atoms with van der Waals surface area (Å²) in [6, 6.07) is 6.54. The molecule has 3 aromatic heterocycles. The summed E-state index contributed by atoms with van der Waals surface area (Å²) in [5, 5.41) is 21.1. The second-order valence-corrected chi connectivity index (χ2v) is 10.3. The van der Waals surface area contributed by atoms with Gasteiger partial charge in [-0.3, -0.25) is 4.90 Å². The van der Waals surface area contributed by atoms with Gasteiger partial charge in [0.25, 0.3) is 0 Å². The predicted octanol–water partition coefficient (Wildman–Crippen LogP) is 4.73. The molecule has 37 heavy (non-hydrogen) atoms. The first-order valence-electron chi connectivity index (χ1n) is 13.2. The predicted molar refractivity (Wildman–Crippen MR) is 148 cm³/mol. The standard InChI is InChI=1S/C27H33ClN8O/c1-3-36-26-21(17-31-36)24-20(16-30-26)27(35-12-10-34(11-13-35)19-6-4-5-7-19)33-32-25(24)29-15-18-8-9-23(37-2)22(28)14-18/h8-9,14,16-17,19H,3-7,10-13,15H2,1-2H3,(H,29,32). The second kappa shape index (κ2) is 10.3. The highest BCUT2D eigenvalue weighted by Gasteiger charge is 2.28. The number of hydrogen-bond donors (Lipinski definition) is 1. The summed E-state index contributed by atoms with van der Waals surface area (Å²) in [6.45, 7) is 7.41. The van der Waals surface area contributed by atoms with Crippen LogP contribution in [0.15, 0.2) is 30.6 Å². The topological polar surface area (TPSA) is 84.2 Å². The third kappa shape index (κ3) is 4.55. The fourth-order valence-corrected chi connectivity index (χ4v) is 6.10. The number of hydrogen-bond acceptors (Lipinski definition) is 8. The molecule has 4 heterocycles. The molecule has 6 rings (SSSR count). The van der Waals surface area contributed by atoms with Crippen LogP contribution in [-0.2, 0) is 13.1 Å². The minimum Gasteiger partial charge on any atom is -0.495 e. The van der Waals surface area contributed by atoms with Gasteiger partial charge in [0.1, 0.15) is 5.75 Å². The van der Waals surface area contributed by atoms with E-state index in [0.717, 1.165) is 77.8 Å². The first-order chi connectivity index (χ1) is 18.2. The minimum absolute atomic E-state index is 0.554. The number of pyridine rings is 1. The van der Waals surface area contributed by atoms with Crippen LogP contribution >= 0.6 is 11.6 Å². The summed E-state index contributed by atoms with van der Waals surface area (Å²) < 4.78 is 7.21. The zero-order valence-electron chi connectivity index (χ0n) is 21.5. The highest BCUT2D eigenvalue weighted by Crippen LogP contribution is 2.35. The van der Waals surface area contributed by atoms with E-state index in [-0.39, 0.29) is 0 Å². The van der Waals surface area contributed by atoms with Gasteiger partial charge >= 0.3 is 0 Å². The molecule has 1 N–H and O–H groups in total. The average Bonchev–Trinajstić information content (AvgIpc) is 3.62. The molecule has 1 aromatic carbocycles. The number of methoxy groups -OCH3 is 1. The van der Waals surface area contributed by atoms with E-state index < -0.39 is 0 Å². The Morgan fingerprint density at radius 1 is 1.05 bits per heavy atom. The Balaban J connectivity index is 1.33. The van der Waals surface area contributed by atoms with Gasteiger partial charge in [0.05, 0.1) is 23.7 Å². The van der Waals surface area contributed by atoms with Gasteiger partial charge in [-0.25, -0.2) is 9.67 Å². The number of anilines is 2. The maximum absolute atomic E-state index is 6.35. The van der Waals surface area contributed by atoms with E-state index in [9.17, 15) is 0 Å². The number of aromatic nitrogens is 5. The zero-order valence-corrected chi connectivity index (χ0v) is 22.2. The van der Waals surface area contributed by atoms with E-state index in [1.807, 2.05) is 35.3 Å². The van der Waals surface area contributed by atoms with Gasteiger partial charge < -0.3 is 15.0 Å². The van der Waals surface area contributed by atoms with Crippen LogP contribution in [0.25, 0.3) is 21.8 Å². The van der Waals surface area contributed by atoms with E-state index in [1.165, 1.54) is 25.7 Å². The van der Waals surface area contributed by atoms with Crippen molar-refractivity contribution in [3.05, 3.63) is 41.2 Å². The van der Waals surface area contributed by atoms with Gasteiger partial charge in [0, 0.05) is 62.3 Å². The molecule has 0 amide bonds. The lowest BCUT2D eigenvalue weighted by atomic mass is 10.1. The number of nitrogens with zero attached hydrogens (tertiary/aromatic N) is 7. The molecule has 0 radical (unpaired) electrons. The summed E-state index contributed by atoms with van der Waals surface area (Å²) >= 11 is 6.35. The molecule has 4 aromatic rings. The molecule has 1 aliphatic heterocycles. The molecule has 2 fully saturated rings. The van der Waals surface area contributed by atoms with Crippen molar-refractivity contribution in [2.24, 2.45) is 0 Å². The van der Waals surface area contributed by atoms with Crippen LogP contribution in [0.3, 0.4) is 0 Å². The molecule has 10 heteroatoms. The molecular formula is C27H33ClN8O. The first-order valence-corrected chi connectivity index (χ1v) is 13.6. The Morgan fingerprint density at radius 2 is 1.86 bits per heavy atom. The molecule has 1 aliphatic carbocycles. The Kier molecular flexibility index (Phi) is 6.73. The highest BCUT2D eigenvalue weighted by atomic mass is 35.5. The monoisotopic (exact) mass is 520 g/mol. The average molecular weight is 521 g/mol. The van der Waals surface area contributed by atoms with Crippen LogP contribution < -0.4 is 15.0 Å². The minimum atomic E-state index is 0.554. The molecule has 0 unspecified atom stereocenters. The van der Waals surface area contributed by atoms with Gasteiger partial charge in [0.15, 0.2) is 17.3 Å². The summed E-state index contributed by atoms with van der Waals surface area (Å²) in [6.07, 6.45) is 9.25. The van der Waals surface area contributed by atoms with Gasteiger partial charge in [-0.15, -0.1) is 10.2 Å². The van der Waals surface area contributed by atoms with Crippen molar-refractivity contribution in [2.45, 2.75) is 51.7 Å². The maximum atomic E-state index is 6.35. The van der Waals surface area contributed by atoms with Crippen molar-refractivity contribution >= 4 is 45.0 Å². The van der Waals surface area contributed by atoms with Crippen LogP contribution in [0.4, 0.5) is 11.6 Å². The summed E-state index contributed by atoms with van der Waals surface area (Å²) in [7, 11) is 1.62. The lowest BCUT2D eigenvalue weighted by Crippen LogP contribution is -2.50. The van der Waals surface area contributed by atoms with Gasteiger partial charge in [0.2, 0.25) is 0 Å². The SMILES string of the molecule is CCn1ncc2c3c(NCc4ccc(OC)c(Cl)c4)nnc(N4CCN(C5CCCC5)CC4)c3cnc21. The largest absolute Gasteiger partial charge is 0.495 e. The zero-order chi connectivity index (χ0) is 25.4. The molecule has 0 atom stereocenters. The summed E-state index contributed by atoms with van der Waals surface area (Å²) in [5.41, 5.74) is 1.89. The van der Waals surface area contributed by atoms with Crippen LogP contribution in [0.1, 0.15) is 38.2 Å². The van der Waals surface area contributed by atoms with E-state index in [4.69, 9.17) is 31.5 Å². The van der Waals surface area contributed by atoms with Crippen LogP contribution in [0.5, 0.6) is 5.75 Å². The summed E-state index contributed by atoms with van der Waals surface area (Å²) in [4.78, 5) is 9.83. The molecule has 9 nitrogen and oxygen atoms in total. The van der Waals surface area contributed by atoms with Gasteiger partial charge in [-0.05, 0) is 37.5 Å². The molecule has 1 saturated heterocycles. The lowest BCUT2D eigenvalue weighted by Gasteiger charge is -2.38. The quantitative estimate of drug-likeness (QED) is 0.374. The highest BCUT2D eigenvalue weighted by molar-refractivity contribution is 6.32. The number of halogens is 1. The maximum Gasteiger partial charge on any atom is 0.161 e. The van der Waals surface area contributed by atoms with Crippen molar-refractivity contribution in [2.75, 3.05) is 43.5 Å². The fourth-order valence-electron chi connectivity index (χ4n) is 5.82. The first kappa shape index (κ1) is 24.2. The Morgan fingerprint density at radius 3 is 2.59 bits per heavy atom. The van der Waals surface area contributed by atoms with Crippen LogP contribution in [0.2, 0.25) is 5.02 Å². The molecule has 1 saturated carbocycles. The molecule has 0 spiro atoms. The lowest BCUT2D eigenvalue weighted by molar-refractivity contribution is 0.187. The molecule has 0 bridgehead atoms. The van der Waals surface area contributed by atoms with Crippen LogP contribution in [0, 0.1) is 0 Å². The van der Waals surface area contributed by atoms with Crippen LogP contribution in [-0.4, -0.2) is 69.2 Å². The van der Waals surface area contributed by atoms with Crippen molar-refractivity contribution in [1.82, 2.24) is 29.9 Å². The van der Waals surface area contributed by atoms with E-state index in [2.05, 4.69) is 27.1 Å². The van der Waals surface area contributed by atoms with Gasteiger partial charge in [-0.1, -0.05) is 30.5 Å². The van der Waals surface area contributed by atoms with Crippen molar-refractivity contribution in [3.63, 3.8) is 0 Å². The third-order valence-electron chi connectivity index (χ3n) is 7.82. The number of nitrogens with one attached hydrogen (secondary N) is 1. The number of ether oxygens (including phenoxy) is 1. The number of rotatable bonds is 7. The van der Waals surface area contributed by atoms with E-state index in [0.29, 0.717) is 17.3 Å². The van der Waals surface area contributed by atoms with Crippen molar-refractivity contribution in [1.29, 1.82) is 0 Å². The Bertz CT molecular complexity index is 1410. The van der Waals surface area contributed by atoms with E-state index in [1.54, 1.807) is 7.11 Å².